The smallest absolute Gasteiger partial charge is 0.303 e. The lowest BCUT2D eigenvalue weighted by Gasteiger charge is -2.13. The number of carbonyl (C=O) groups is 2. The van der Waals surface area contributed by atoms with Crippen LogP contribution in [0.5, 0.6) is 0 Å². The van der Waals surface area contributed by atoms with E-state index in [1.165, 1.54) is 0 Å². The molecule has 0 fully saturated rings. The zero-order chi connectivity index (χ0) is 13.8. The summed E-state index contributed by atoms with van der Waals surface area (Å²) in [5.41, 5.74) is -0.126. The molecule has 1 heterocycles. The lowest BCUT2D eigenvalue weighted by atomic mass is 9.94. The Labute approximate surface area is 105 Å². The molecule has 1 aromatic heterocycles. The summed E-state index contributed by atoms with van der Waals surface area (Å²) in [7, 11) is 0. The van der Waals surface area contributed by atoms with Gasteiger partial charge in [-0.2, -0.15) is 0 Å². The molecule has 2 N–H and O–H groups in total. The van der Waals surface area contributed by atoms with Gasteiger partial charge in [0.1, 0.15) is 5.76 Å². The second-order valence-electron chi connectivity index (χ2n) is 5.04. The third-order valence-electron chi connectivity index (χ3n) is 2.30. The van der Waals surface area contributed by atoms with Gasteiger partial charge in [-0.15, -0.1) is 0 Å². The second-order valence-corrected chi connectivity index (χ2v) is 5.04. The highest BCUT2D eigenvalue weighted by Crippen LogP contribution is 2.22. The minimum absolute atomic E-state index is 0.0395. The molecule has 0 aliphatic heterocycles. The molecule has 1 rings (SSSR count). The molecule has 6 heteroatoms. The first-order valence-corrected chi connectivity index (χ1v) is 5.72. The molecule has 0 aliphatic rings. The number of oxazole rings is 1. The minimum atomic E-state index is -0.990. The molecular formula is C12H18N2O4. The molecule has 0 aliphatic carbocycles. The normalized spacial score (nSPS) is 11.3. The van der Waals surface area contributed by atoms with Gasteiger partial charge in [-0.3, -0.25) is 9.59 Å². The van der Waals surface area contributed by atoms with E-state index in [9.17, 15) is 9.59 Å². The van der Waals surface area contributed by atoms with Gasteiger partial charge in [-0.25, -0.2) is 4.98 Å². The third-order valence-corrected chi connectivity index (χ3v) is 2.30. The SMILES string of the molecule is CC(C)(C)c1cnc(CNC(=O)CCC(=O)O)o1. The highest BCUT2D eigenvalue weighted by Gasteiger charge is 2.19. The number of carboxylic acid groups (broad SMARTS) is 1. The monoisotopic (exact) mass is 254 g/mol. The van der Waals surface area contributed by atoms with Crippen molar-refractivity contribution in [3.63, 3.8) is 0 Å². The zero-order valence-electron chi connectivity index (χ0n) is 10.8. The van der Waals surface area contributed by atoms with Gasteiger partial charge >= 0.3 is 5.97 Å². The summed E-state index contributed by atoms with van der Waals surface area (Å²) < 4.78 is 5.48. The fourth-order valence-electron chi connectivity index (χ4n) is 1.22. The van der Waals surface area contributed by atoms with E-state index < -0.39 is 5.97 Å². The number of rotatable bonds is 5. The van der Waals surface area contributed by atoms with E-state index >= 15 is 0 Å². The summed E-state index contributed by atoms with van der Waals surface area (Å²) in [6, 6.07) is 0. The maximum absolute atomic E-state index is 11.3. The molecule has 1 amide bonds. The Morgan fingerprint density at radius 3 is 2.56 bits per heavy atom. The maximum atomic E-state index is 11.3. The summed E-state index contributed by atoms with van der Waals surface area (Å²) in [6.45, 7) is 6.18. The van der Waals surface area contributed by atoms with Crippen molar-refractivity contribution in [3.05, 3.63) is 17.8 Å². The standard InChI is InChI=1S/C12H18N2O4/c1-12(2,3)8-6-14-10(18-8)7-13-9(15)4-5-11(16)17/h6H,4-5,7H2,1-3H3,(H,13,15)(H,16,17). The van der Waals surface area contributed by atoms with Crippen LogP contribution in [-0.4, -0.2) is 22.0 Å². The van der Waals surface area contributed by atoms with E-state index in [1.54, 1.807) is 6.20 Å². The molecule has 0 saturated heterocycles. The fraction of sp³-hybridized carbons (Fsp3) is 0.583. The molecule has 0 saturated carbocycles. The molecule has 0 spiro atoms. The number of aromatic nitrogens is 1. The summed E-state index contributed by atoms with van der Waals surface area (Å²) in [5, 5.41) is 11.0. The predicted octanol–water partition coefficient (Wildman–Crippen LogP) is 1.45. The van der Waals surface area contributed by atoms with E-state index in [0.717, 1.165) is 5.76 Å². The van der Waals surface area contributed by atoms with Gasteiger partial charge < -0.3 is 14.8 Å². The Hall–Kier alpha value is -1.85. The Morgan fingerprint density at radius 2 is 2.06 bits per heavy atom. The van der Waals surface area contributed by atoms with Crippen LogP contribution in [0, 0.1) is 0 Å². The van der Waals surface area contributed by atoms with Crippen LogP contribution >= 0.6 is 0 Å². The first-order chi connectivity index (χ1) is 8.29. The van der Waals surface area contributed by atoms with Crippen LogP contribution in [0.3, 0.4) is 0 Å². The Balaban J connectivity index is 2.42. The number of hydrogen-bond acceptors (Lipinski definition) is 4. The van der Waals surface area contributed by atoms with Gasteiger partial charge in [0.2, 0.25) is 11.8 Å². The first kappa shape index (κ1) is 14.2. The maximum Gasteiger partial charge on any atom is 0.303 e. The van der Waals surface area contributed by atoms with Crippen LogP contribution in [0.25, 0.3) is 0 Å². The van der Waals surface area contributed by atoms with E-state index in [1.807, 2.05) is 20.8 Å². The van der Waals surface area contributed by atoms with Crippen LogP contribution in [0.15, 0.2) is 10.6 Å². The van der Waals surface area contributed by atoms with Gasteiger partial charge in [0.25, 0.3) is 0 Å². The van der Waals surface area contributed by atoms with Crippen molar-refractivity contribution in [2.75, 3.05) is 0 Å². The average Bonchev–Trinajstić information content (AvgIpc) is 2.71. The van der Waals surface area contributed by atoms with Crippen LogP contribution in [0.4, 0.5) is 0 Å². The first-order valence-electron chi connectivity index (χ1n) is 5.72. The quantitative estimate of drug-likeness (QED) is 0.829. The number of nitrogens with one attached hydrogen (secondary N) is 1. The van der Waals surface area contributed by atoms with Gasteiger partial charge in [0, 0.05) is 11.8 Å². The molecule has 6 nitrogen and oxygen atoms in total. The number of aliphatic carboxylic acids is 1. The van der Waals surface area contributed by atoms with E-state index in [0.29, 0.717) is 5.89 Å². The van der Waals surface area contributed by atoms with Crippen LogP contribution in [0.1, 0.15) is 45.3 Å². The van der Waals surface area contributed by atoms with Crippen LogP contribution < -0.4 is 5.32 Å². The highest BCUT2D eigenvalue weighted by molar-refractivity contribution is 5.80. The third kappa shape index (κ3) is 4.57. The molecule has 0 aromatic carbocycles. The molecule has 0 atom stereocenters. The predicted molar refractivity (Wildman–Crippen MR) is 63.9 cm³/mol. The molecule has 1 aromatic rings. The van der Waals surface area contributed by atoms with Crippen molar-refractivity contribution < 1.29 is 19.1 Å². The Kier molecular flexibility index (Phi) is 4.47. The van der Waals surface area contributed by atoms with Crippen molar-refractivity contribution >= 4 is 11.9 Å². The molecule has 18 heavy (non-hydrogen) atoms. The van der Waals surface area contributed by atoms with Crippen molar-refractivity contribution in [3.8, 4) is 0 Å². The van der Waals surface area contributed by atoms with Crippen molar-refractivity contribution in [2.24, 2.45) is 0 Å². The largest absolute Gasteiger partial charge is 0.481 e. The summed E-state index contributed by atoms with van der Waals surface area (Å²) >= 11 is 0. The summed E-state index contributed by atoms with van der Waals surface area (Å²) in [5.74, 6) is -0.148. The van der Waals surface area contributed by atoms with Crippen molar-refractivity contribution in [1.82, 2.24) is 10.3 Å². The van der Waals surface area contributed by atoms with Crippen LogP contribution in [-0.2, 0) is 21.5 Å². The highest BCUT2D eigenvalue weighted by atomic mass is 16.4. The van der Waals surface area contributed by atoms with Crippen molar-refractivity contribution in [1.29, 1.82) is 0 Å². The number of nitrogens with zero attached hydrogens (tertiary/aromatic N) is 1. The molecule has 0 bridgehead atoms. The van der Waals surface area contributed by atoms with Gasteiger partial charge in [0.05, 0.1) is 19.2 Å². The second kappa shape index (κ2) is 5.66. The lowest BCUT2D eigenvalue weighted by molar-refractivity contribution is -0.138. The summed E-state index contributed by atoms with van der Waals surface area (Å²) in [6.07, 6.45) is 1.42. The topological polar surface area (TPSA) is 92.4 Å². The Morgan fingerprint density at radius 1 is 1.39 bits per heavy atom. The van der Waals surface area contributed by atoms with Gasteiger partial charge in [-0.1, -0.05) is 20.8 Å². The molecule has 100 valence electrons. The molecule has 0 unspecified atom stereocenters. The van der Waals surface area contributed by atoms with Gasteiger partial charge in [-0.05, 0) is 0 Å². The number of amides is 1. The van der Waals surface area contributed by atoms with E-state index in [4.69, 9.17) is 9.52 Å². The minimum Gasteiger partial charge on any atom is -0.481 e. The number of carbonyl (C=O) groups excluding carboxylic acids is 1. The zero-order valence-corrected chi connectivity index (χ0v) is 10.8. The number of carboxylic acids is 1. The number of hydrogen-bond donors (Lipinski definition) is 2. The molecular weight excluding hydrogens is 236 g/mol. The van der Waals surface area contributed by atoms with Crippen LogP contribution in [0.2, 0.25) is 0 Å². The van der Waals surface area contributed by atoms with E-state index in [2.05, 4.69) is 10.3 Å². The fourth-order valence-corrected chi connectivity index (χ4v) is 1.22. The lowest BCUT2D eigenvalue weighted by Crippen LogP contribution is -2.23. The van der Waals surface area contributed by atoms with Crippen molar-refractivity contribution in [2.45, 2.75) is 45.6 Å². The average molecular weight is 254 g/mol. The molecule has 0 radical (unpaired) electrons. The van der Waals surface area contributed by atoms with Gasteiger partial charge in [0.15, 0.2) is 0 Å². The Bertz CT molecular complexity index is 432. The summed E-state index contributed by atoms with van der Waals surface area (Å²) in [4.78, 5) is 25.6. The van der Waals surface area contributed by atoms with E-state index in [-0.39, 0.29) is 30.7 Å².